The lowest BCUT2D eigenvalue weighted by Gasteiger charge is -2.70. The average molecular weight is 1260 g/mol. The molecular formula is C72H112N4O14. The Morgan fingerprint density at radius 2 is 1.01 bits per heavy atom. The normalized spacial score (nSPS) is 49.0. The van der Waals surface area contributed by atoms with Crippen molar-refractivity contribution in [3.63, 3.8) is 0 Å². The molecule has 23 atom stereocenters. The van der Waals surface area contributed by atoms with Crippen molar-refractivity contribution in [2.75, 3.05) is 33.4 Å². The number of amides is 2. The van der Waals surface area contributed by atoms with Crippen LogP contribution in [0.25, 0.3) is 0 Å². The quantitative estimate of drug-likeness (QED) is 0.0458. The van der Waals surface area contributed by atoms with Crippen molar-refractivity contribution in [3.05, 3.63) is 23.3 Å². The highest BCUT2D eigenvalue weighted by Crippen LogP contribution is 2.77. The Morgan fingerprint density at radius 1 is 0.567 bits per heavy atom. The number of rotatable bonds is 14. The number of carboxylic acid groups (broad SMARTS) is 1. The number of allylic oxidation sites excluding steroid dienone is 4. The van der Waals surface area contributed by atoms with Crippen LogP contribution in [0.4, 0.5) is 0 Å². The summed E-state index contributed by atoms with van der Waals surface area (Å²) in [4.78, 5) is 95.6. The predicted molar refractivity (Wildman–Crippen MR) is 337 cm³/mol. The topological polar surface area (TPSA) is 268 Å². The van der Waals surface area contributed by atoms with Crippen LogP contribution in [0.1, 0.15) is 213 Å². The van der Waals surface area contributed by atoms with E-state index in [1.165, 1.54) is 12.7 Å². The van der Waals surface area contributed by atoms with Crippen LogP contribution in [0.2, 0.25) is 0 Å². The average Bonchev–Trinajstić information content (AvgIpc) is 0.684. The van der Waals surface area contributed by atoms with Gasteiger partial charge in [0.2, 0.25) is 11.8 Å². The highest BCUT2D eigenvalue weighted by molar-refractivity contribution is 5.96. The second kappa shape index (κ2) is 22.8. The molecule has 3 unspecified atom stereocenters. The first-order valence-electron chi connectivity index (χ1n) is 34.6. The van der Waals surface area contributed by atoms with Crippen molar-refractivity contribution in [1.29, 1.82) is 0 Å². The van der Waals surface area contributed by atoms with Crippen molar-refractivity contribution >= 4 is 35.3 Å². The van der Waals surface area contributed by atoms with E-state index in [4.69, 9.17) is 19.1 Å². The van der Waals surface area contributed by atoms with E-state index in [0.29, 0.717) is 32.1 Å². The number of hydrogen-bond donors (Lipinski definition) is 8. The van der Waals surface area contributed by atoms with Gasteiger partial charge in [0.05, 0.1) is 44.2 Å². The number of nitrogens with one attached hydrogen (secondary N) is 4. The van der Waals surface area contributed by atoms with Crippen LogP contribution in [-0.4, -0.2) is 132 Å². The van der Waals surface area contributed by atoms with E-state index in [2.05, 4.69) is 105 Å². The van der Waals surface area contributed by atoms with Crippen LogP contribution in [0, 0.1) is 100 Å². The third kappa shape index (κ3) is 10.1. The Labute approximate surface area is 535 Å². The smallest absolute Gasteiger partial charge is 0.312 e. The van der Waals surface area contributed by atoms with Crippen molar-refractivity contribution in [2.45, 2.75) is 255 Å². The molecule has 0 bridgehead atoms. The maximum Gasteiger partial charge on any atom is 0.312 e. The summed E-state index contributed by atoms with van der Waals surface area (Å²) in [6.07, 6.45) is 11.2. The highest BCUT2D eigenvalue weighted by Gasteiger charge is 2.73. The van der Waals surface area contributed by atoms with Gasteiger partial charge in [-0.2, -0.15) is 11.0 Å². The van der Waals surface area contributed by atoms with Crippen molar-refractivity contribution in [3.8, 4) is 0 Å². The summed E-state index contributed by atoms with van der Waals surface area (Å²) in [6.45, 7) is 30.4. The minimum atomic E-state index is -1.63. The molecule has 9 fully saturated rings. The summed E-state index contributed by atoms with van der Waals surface area (Å²) in [5.74, 6) is -1.54. The van der Waals surface area contributed by atoms with Crippen LogP contribution in [-0.2, 0) is 47.9 Å². The fourth-order valence-corrected chi connectivity index (χ4v) is 23.9. The van der Waals surface area contributed by atoms with Gasteiger partial charge >= 0.3 is 11.9 Å². The SMILES string of the molecule is CONCC(=O)N[C@H]1CC[C@@]2(C)C(CC[C@]3(C)C2C(=O)C=C2[C@@H]4C[C@@](C)(C(=O)O[C@@H]5[C@@H](O)[C@H](O)[C@@H](CO)O[C@H]5CONCC(=O)N[C@H]5CC[C@@]6(C)C(CC[C@]7(C)[C@@H]6C(=O)C=C6[C@@H]8C[C@@](C)(C(=O)O)CC[C@]8(C)CC[C@]67C)C5(C)C)CC[C@]4(C)CC[C@]23C)C1(C)C. The van der Waals surface area contributed by atoms with Gasteiger partial charge in [-0.25, -0.2) is 0 Å². The third-order valence-corrected chi connectivity index (χ3v) is 30.1. The molecular weight excluding hydrogens is 1140 g/mol. The van der Waals surface area contributed by atoms with Crippen LogP contribution in [0.5, 0.6) is 0 Å². The minimum Gasteiger partial charge on any atom is -0.481 e. The zero-order valence-electron chi connectivity index (χ0n) is 57.1. The van der Waals surface area contributed by atoms with E-state index in [-0.39, 0.29) is 145 Å². The molecule has 8 saturated carbocycles. The van der Waals surface area contributed by atoms with Gasteiger partial charge < -0.3 is 45.4 Å². The standard InChI is InChI=1S/C72H112N4O14/c1-61(2)48-17-23-72(14)58(67(48,9)20-18-50(61)75-52(80)36-73-87-15)45(79)33-41-43-35-66(8,27-25-64(43,6)29-31-70(41,72)12)60(86)90-56-47(89-46(38-77)54(82)55(56)83)39-88-74-37-53(81)76-51-19-21-68(10)49(62(51,3)4)16-22-71(13)57(68)44(78)32-40-42-34-65(7,59(84)85)26-24-63(42,5)28-30-69(40,71)11/h32-33,42-43,46-51,54-58,73-74,77,82-83H,16-31,34-39H2,1-15H3,(H,75,80)(H,76,81)(H,84,85)/t42-,43-,46+,47-,48?,49?,50-,51-,54+,55-,56-,57+,58?,63+,64+,65-,66-,67-,68-,69+,70+,71+,72+/m0/s1. The predicted octanol–water partition coefficient (Wildman–Crippen LogP) is 9.07. The van der Waals surface area contributed by atoms with Gasteiger partial charge in [0.1, 0.15) is 24.4 Å². The fraction of sp³-hybridized carbons (Fsp3) is 0.861. The van der Waals surface area contributed by atoms with Gasteiger partial charge in [-0.15, -0.1) is 0 Å². The van der Waals surface area contributed by atoms with Crippen molar-refractivity contribution in [2.24, 2.45) is 100 Å². The number of aliphatic carboxylic acids is 1. The molecule has 1 saturated heterocycles. The molecule has 0 aromatic carbocycles. The molecule has 0 radical (unpaired) electrons. The van der Waals surface area contributed by atoms with E-state index in [1.807, 2.05) is 26.0 Å². The Morgan fingerprint density at radius 3 is 1.47 bits per heavy atom. The summed E-state index contributed by atoms with van der Waals surface area (Å²) < 4.78 is 12.5. The third-order valence-electron chi connectivity index (χ3n) is 30.1. The van der Waals surface area contributed by atoms with E-state index in [1.54, 1.807) is 0 Å². The molecule has 0 spiro atoms. The maximum atomic E-state index is 15.2. The number of aliphatic hydroxyl groups excluding tert-OH is 3. The highest BCUT2D eigenvalue weighted by atomic mass is 16.7. The lowest BCUT2D eigenvalue weighted by Crippen LogP contribution is -2.68. The zero-order chi connectivity index (χ0) is 65.8. The second-order valence-corrected chi connectivity index (χ2v) is 35.2. The Bertz CT molecular complexity index is 2970. The fourth-order valence-electron chi connectivity index (χ4n) is 23.9. The molecule has 504 valence electrons. The lowest BCUT2D eigenvalue weighted by molar-refractivity contribution is -0.254. The maximum absolute atomic E-state index is 15.2. The summed E-state index contributed by atoms with van der Waals surface area (Å²) in [6, 6.07) is -0.243. The summed E-state index contributed by atoms with van der Waals surface area (Å²) in [5, 5.41) is 50.2. The number of hydrogen-bond acceptors (Lipinski definition) is 15. The molecule has 10 aliphatic carbocycles. The molecule has 0 aromatic heterocycles. The van der Waals surface area contributed by atoms with Gasteiger partial charge in [-0.1, -0.05) is 94.2 Å². The van der Waals surface area contributed by atoms with E-state index < -0.39 is 59.9 Å². The molecule has 8 N–H and O–H groups in total. The lowest BCUT2D eigenvalue weighted by atomic mass is 9.33. The monoisotopic (exact) mass is 1260 g/mol. The number of hydroxylamine groups is 2. The van der Waals surface area contributed by atoms with E-state index >= 15 is 9.59 Å². The van der Waals surface area contributed by atoms with Crippen LogP contribution in [0.15, 0.2) is 23.3 Å². The zero-order valence-corrected chi connectivity index (χ0v) is 57.1. The largest absolute Gasteiger partial charge is 0.481 e. The van der Waals surface area contributed by atoms with Gasteiger partial charge in [-0.05, 0) is 219 Å². The van der Waals surface area contributed by atoms with Gasteiger partial charge in [0, 0.05) is 23.9 Å². The van der Waals surface area contributed by atoms with E-state index in [0.717, 1.165) is 89.0 Å². The summed E-state index contributed by atoms with van der Waals surface area (Å²) in [7, 11) is 1.49. The molecule has 0 aromatic rings. The van der Waals surface area contributed by atoms with Crippen LogP contribution in [0.3, 0.4) is 0 Å². The molecule has 1 aliphatic heterocycles. The molecule has 11 aliphatic rings. The molecule has 11 rings (SSSR count). The van der Waals surface area contributed by atoms with Gasteiger partial charge in [0.15, 0.2) is 17.7 Å². The molecule has 18 heteroatoms. The first kappa shape index (κ1) is 67.8. The first-order chi connectivity index (χ1) is 41.8. The van der Waals surface area contributed by atoms with E-state index in [9.17, 15) is 39.6 Å². The summed E-state index contributed by atoms with van der Waals surface area (Å²) >= 11 is 0. The summed E-state index contributed by atoms with van der Waals surface area (Å²) in [5.41, 5.74) is 3.16. The number of esters is 1. The Hall–Kier alpha value is -3.62. The molecule has 2 amide bonds. The number of fused-ring (bicyclic) bond motifs is 14. The molecule has 90 heavy (non-hydrogen) atoms. The second-order valence-electron chi connectivity index (χ2n) is 35.2. The number of carbonyl (C=O) groups is 6. The number of ketones is 2. The number of carboxylic acids is 1. The van der Waals surface area contributed by atoms with Crippen molar-refractivity contribution < 1.29 is 68.3 Å². The van der Waals surface area contributed by atoms with Gasteiger partial charge in [-0.3, -0.25) is 33.6 Å². The number of carbonyl (C=O) groups excluding carboxylic acids is 5. The number of ether oxygens (including phenoxy) is 2. The minimum absolute atomic E-state index is 0.0360. The Kier molecular flexibility index (Phi) is 17.2. The van der Waals surface area contributed by atoms with Gasteiger partial charge in [0.25, 0.3) is 0 Å². The van der Waals surface area contributed by atoms with Crippen LogP contribution < -0.4 is 21.6 Å². The molecule has 18 nitrogen and oxygen atoms in total. The Balaban J connectivity index is 0.735. The first-order valence-corrected chi connectivity index (χ1v) is 34.6. The van der Waals surface area contributed by atoms with Crippen LogP contribution >= 0.6 is 0 Å². The number of aliphatic hydroxyl groups is 3. The van der Waals surface area contributed by atoms with Crippen molar-refractivity contribution in [1.82, 2.24) is 21.6 Å². The molecule has 1 heterocycles.